The average Bonchev–Trinajstić information content (AvgIpc) is 3.14. The highest BCUT2D eigenvalue weighted by Crippen LogP contribution is 2.38. The van der Waals surface area contributed by atoms with E-state index in [0.29, 0.717) is 27.3 Å². The van der Waals surface area contributed by atoms with Crippen LogP contribution in [0.2, 0.25) is 10.0 Å². The van der Waals surface area contributed by atoms with E-state index in [-0.39, 0.29) is 5.97 Å². The van der Waals surface area contributed by atoms with Gasteiger partial charge in [0.1, 0.15) is 5.00 Å². The normalized spacial score (nSPS) is 13.2. The zero-order valence-electron chi connectivity index (χ0n) is 19.3. The summed E-state index contributed by atoms with van der Waals surface area (Å²) in [7, 11) is 1.41. The molecule has 1 aromatic carbocycles. The number of thiophene rings is 1. The molecule has 34 heavy (non-hydrogen) atoms. The van der Waals surface area contributed by atoms with Gasteiger partial charge >= 0.3 is 5.97 Å². The molecule has 10 heteroatoms. The van der Waals surface area contributed by atoms with Crippen molar-refractivity contribution in [3.8, 4) is 0 Å². The minimum absolute atomic E-state index is 0.329. The Morgan fingerprint density at radius 1 is 1.21 bits per heavy atom. The summed E-state index contributed by atoms with van der Waals surface area (Å²) >= 11 is 19.6. The predicted octanol–water partition coefficient (Wildman–Crippen LogP) is 6.78. The number of methoxy groups -OCH3 is 1. The molecule has 4 rings (SSSR count). The number of carbonyl (C=O) groups is 1. The van der Waals surface area contributed by atoms with Gasteiger partial charge in [0, 0.05) is 14.9 Å². The topological polar surface area (TPSA) is 68.2 Å². The Hall–Kier alpha value is -2.13. The van der Waals surface area contributed by atoms with Gasteiger partial charge in [-0.2, -0.15) is 5.10 Å². The Bertz CT molecular complexity index is 1250. The number of ether oxygens (including phenoxy) is 1. The lowest BCUT2D eigenvalue weighted by Gasteiger charge is -2.12. The number of nitrogens with one attached hydrogen (secondary N) is 2. The van der Waals surface area contributed by atoms with Crippen LogP contribution < -0.4 is 10.6 Å². The molecule has 6 nitrogen and oxygen atoms in total. The molecule has 0 aliphatic heterocycles. The molecular formula is C24H26Cl2N4O2S2. The lowest BCUT2D eigenvalue weighted by Crippen LogP contribution is -2.21. The van der Waals surface area contributed by atoms with Gasteiger partial charge in [0.15, 0.2) is 5.11 Å². The van der Waals surface area contributed by atoms with Gasteiger partial charge in [-0.1, -0.05) is 35.7 Å². The maximum absolute atomic E-state index is 12.6. The predicted molar refractivity (Wildman–Crippen MR) is 144 cm³/mol. The van der Waals surface area contributed by atoms with Crippen molar-refractivity contribution < 1.29 is 9.53 Å². The molecule has 1 aliphatic rings. The summed E-state index contributed by atoms with van der Waals surface area (Å²) in [4.78, 5) is 13.8. The third-order valence-electron chi connectivity index (χ3n) is 5.99. The van der Waals surface area contributed by atoms with Crippen LogP contribution in [0, 0.1) is 13.8 Å². The fraction of sp³-hybridized carbons (Fsp3) is 0.375. The smallest absolute Gasteiger partial charge is 0.341 e. The van der Waals surface area contributed by atoms with Crippen LogP contribution in [0.4, 0.5) is 10.7 Å². The molecule has 0 spiro atoms. The quantitative estimate of drug-likeness (QED) is 0.213. The number of anilines is 2. The van der Waals surface area contributed by atoms with Gasteiger partial charge in [0.2, 0.25) is 0 Å². The molecule has 2 N–H and O–H groups in total. The summed E-state index contributed by atoms with van der Waals surface area (Å²) in [6, 6.07) is 5.44. The maximum Gasteiger partial charge on any atom is 0.341 e. The van der Waals surface area contributed by atoms with Crippen LogP contribution in [0.15, 0.2) is 18.2 Å². The van der Waals surface area contributed by atoms with Crippen LogP contribution in [-0.4, -0.2) is 28.0 Å². The molecule has 0 saturated heterocycles. The van der Waals surface area contributed by atoms with Gasteiger partial charge in [0.05, 0.1) is 36.3 Å². The lowest BCUT2D eigenvalue weighted by atomic mass is 10.1. The number of hydrogen-bond donors (Lipinski definition) is 2. The minimum Gasteiger partial charge on any atom is -0.465 e. The largest absolute Gasteiger partial charge is 0.465 e. The summed E-state index contributed by atoms with van der Waals surface area (Å²) in [5.74, 6) is -0.329. The van der Waals surface area contributed by atoms with Crippen molar-refractivity contribution in [2.45, 2.75) is 52.5 Å². The van der Waals surface area contributed by atoms with Crippen molar-refractivity contribution in [3.63, 3.8) is 0 Å². The minimum atomic E-state index is -0.329. The number of fused-ring (bicyclic) bond motifs is 1. The number of carbonyl (C=O) groups excluding carboxylic acids is 1. The average molecular weight is 538 g/mol. The summed E-state index contributed by atoms with van der Waals surface area (Å²) in [6.07, 6.45) is 5.24. The van der Waals surface area contributed by atoms with Gasteiger partial charge in [-0.05, 0) is 75.0 Å². The first-order valence-corrected chi connectivity index (χ1v) is 13.0. The fourth-order valence-corrected chi connectivity index (χ4v) is 6.26. The van der Waals surface area contributed by atoms with E-state index < -0.39 is 0 Å². The molecule has 3 aromatic rings. The second-order valence-corrected chi connectivity index (χ2v) is 10.6. The number of aromatic nitrogens is 2. The standard InChI is InChI=1S/C24H26Cl2N4O2S2/c1-13-21(14(2)30(29-13)12-15-9-10-16(25)11-18(15)26)27-24(33)28-22-20(23(31)32-3)17-7-5-4-6-8-19(17)34-22/h9-11H,4-8,12H2,1-3H3,(H2,27,28,33). The maximum atomic E-state index is 12.6. The first-order chi connectivity index (χ1) is 16.3. The highest BCUT2D eigenvalue weighted by Gasteiger charge is 2.26. The summed E-state index contributed by atoms with van der Waals surface area (Å²) in [5, 5.41) is 13.5. The van der Waals surface area contributed by atoms with Crippen LogP contribution in [0.1, 0.15) is 57.0 Å². The molecule has 2 aromatic heterocycles. The summed E-state index contributed by atoms with van der Waals surface area (Å²) < 4.78 is 6.97. The number of aryl methyl sites for hydroxylation is 2. The molecule has 180 valence electrons. The highest BCUT2D eigenvalue weighted by atomic mass is 35.5. The first kappa shape index (κ1) is 25.0. The van der Waals surface area contributed by atoms with Crippen LogP contribution in [0.5, 0.6) is 0 Å². The van der Waals surface area contributed by atoms with Crippen molar-refractivity contribution in [2.24, 2.45) is 0 Å². The molecule has 0 radical (unpaired) electrons. The molecule has 2 heterocycles. The summed E-state index contributed by atoms with van der Waals surface area (Å²) in [5.41, 5.74) is 5.17. The van der Waals surface area contributed by atoms with E-state index in [1.54, 1.807) is 17.4 Å². The van der Waals surface area contributed by atoms with Gasteiger partial charge in [-0.3, -0.25) is 4.68 Å². The Morgan fingerprint density at radius 3 is 2.71 bits per heavy atom. The highest BCUT2D eigenvalue weighted by molar-refractivity contribution is 7.80. The molecule has 0 amide bonds. The van der Waals surface area contributed by atoms with E-state index in [1.807, 2.05) is 30.7 Å². The van der Waals surface area contributed by atoms with E-state index in [0.717, 1.165) is 58.9 Å². The van der Waals surface area contributed by atoms with E-state index in [1.165, 1.54) is 18.4 Å². The Kier molecular flexibility index (Phi) is 7.82. The van der Waals surface area contributed by atoms with E-state index in [2.05, 4.69) is 15.7 Å². The second-order valence-electron chi connectivity index (χ2n) is 8.28. The Balaban J connectivity index is 1.54. The number of rotatable bonds is 5. The second kappa shape index (κ2) is 10.6. The van der Waals surface area contributed by atoms with Crippen molar-refractivity contribution >= 4 is 68.5 Å². The molecule has 0 bridgehead atoms. The number of thiocarbonyl (C=S) groups is 1. The Labute approximate surface area is 218 Å². The number of hydrogen-bond acceptors (Lipinski definition) is 5. The van der Waals surface area contributed by atoms with Crippen LogP contribution in [0.3, 0.4) is 0 Å². The van der Waals surface area contributed by atoms with Crippen LogP contribution in [0.25, 0.3) is 0 Å². The summed E-state index contributed by atoms with van der Waals surface area (Å²) in [6.45, 7) is 4.40. The SMILES string of the molecule is COC(=O)c1c(NC(=S)Nc2c(C)nn(Cc3ccc(Cl)cc3Cl)c2C)sc2c1CCCCC2. The van der Waals surface area contributed by atoms with Crippen LogP contribution >= 0.6 is 46.8 Å². The zero-order chi connectivity index (χ0) is 24.4. The fourth-order valence-electron chi connectivity index (χ4n) is 4.24. The van der Waals surface area contributed by atoms with Crippen molar-refractivity contribution in [1.82, 2.24) is 9.78 Å². The van der Waals surface area contributed by atoms with E-state index >= 15 is 0 Å². The monoisotopic (exact) mass is 536 g/mol. The van der Waals surface area contributed by atoms with Crippen molar-refractivity contribution in [3.05, 3.63) is 61.2 Å². The first-order valence-electron chi connectivity index (χ1n) is 11.1. The molecule has 1 aliphatic carbocycles. The number of esters is 1. The molecule has 0 unspecified atom stereocenters. The number of nitrogens with zero attached hydrogens (tertiary/aromatic N) is 2. The zero-order valence-corrected chi connectivity index (χ0v) is 22.4. The van der Waals surface area contributed by atoms with E-state index in [9.17, 15) is 4.79 Å². The molecule has 0 fully saturated rings. The van der Waals surface area contributed by atoms with Gasteiger partial charge < -0.3 is 15.4 Å². The molecule has 0 atom stereocenters. The number of halogens is 2. The van der Waals surface area contributed by atoms with Crippen molar-refractivity contribution in [1.29, 1.82) is 0 Å². The molecular weight excluding hydrogens is 511 g/mol. The van der Waals surface area contributed by atoms with E-state index in [4.69, 9.17) is 40.2 Å². The van der Waals surface area contributed by atoms with Gasteiger partial charge in [-0.25, -0.2) is 4.79 Å². The third kappa shape index (κ3) is 5.25. The van der Waals surface area contributed by atoms with Gasteiger partial charge in [0.25, 0.3) is 0 Å². The third-order valence-corrected chi connectivity index (χ3v) is 7.99. The van der Waals surface area contributed by atoms with Crippen molar-refractivity contribution in [2.75, 3.05) is 17.7 Å². The van der Waals surface area contributed by atoms with Gasteiger partial charge in [-0.15, -0.1) is 11.3 Å². The van der Waals surface area contributed by atoms with Crippen LogP contribution in [-0.2, 0) is 24.1 Å². The lowest BCUT2D eigenvalue weighted by molar-refractivity contribution is 0.0601. The molecule has 0 saturated carbocycles. The number of benzene rings is 1. The Morgan fingerprint density at radius 2 is 1.97 bits per heavy atom.